The zero-order valence-electron chi connectivity index (χ0n) is 18.2. The summed E-state index contributed by atoms with van der Waals surface area (Å²) in [5.74, 6) is 0.511. The molecular formula is C28H18O6S. The molecule has 35 heavy (non-hydrogen) atoms. The van der Waals surface area contributed by atoms with Gasteiger partial charge in [0.05, 0.1) is 20.9 Å². The third-order valence-corrected chi connectivity index (χ3v) is 7.69. The van der Waals surface area contributed by atoms with Gasteiger partial charge in [-0.15, -0.1) is 0 Å². The SMILES string of the molecule is O=S(=O)(c1ccc(O)c(-c2cc3ccccc3o2)c1)c1ccc(O)c(-c2cc3ccccc3o2)c1. The van der Waals surface area contributed by atoms with E-state index in [1.165, 1.54) is 36.4 Å². The number of hydrogen-bond acceptors (Lipinski definition) is 6. The van der Waals surface area contributed by atoms with Crippen LogP contribution in [0.3, 0.4) is 0 Å². The Hall–Kier alpha value is -4.49. The van der Waals surface area contributed by atoms with Gasteiger partial charge in [0.25, 0.3) is 0 Å². The highest BCUT2D eigenvalue weighted by Gasteiger charge is 2.23. The minimum absolute atomic E-state index is 0.0213. The molecule has 0 saturated carbocycles. The van der Waals surface area contributed by atoms with Gasteiger partial charge in [-0.2, -0.15) is 0 Å². The van der Waals surface area contributed by atoms with E-state index in [2.05, 4.69) is 0 Å². The third-order valence-electron chi connectivity index (χ3n) is 5.94. The fraction of sp³-hybridized carbons (Fsp3) is 0. The van der Waals surface area contributed by atoms with Crippen molar-refractivity contribution in [2.24, 2.45) is 0 Å². The summed E-state index contributed by atoms with van der Waals surface area (Å²) >= 11 is 0. The van der Waals surface area contributed by atoms with Crippen LogP contribution in [0.1, 0.15) is 0 Å². The van der Waals surface area contributed by atoms with Crippen molar-refractivity contribution < 1.29 is 27.5 Å². The van der Waals surface area contributed by atoms with Crippen molar-refractivity contribution >= 4 is 31.8 Å². The summed E-state index contributed by atoms with van der Waals surface area (Å²) in [6.45, 7) is 0. The summed E-state index contributed by atoms with van der Waals surface area (Å²) in [5, 5.41) is 22.6. The maximum Gasteiger partial charge on any atom is 0.206 e. The van der Waals surface area contributed by atoms with Gasteiger partial charge in [-0.25, -0.2) is 8.42 Å². The number of hydrogen-bond donors (Lipinski definition) is 2. The number of phenols is 2. The molecule has 0 atom stereocenters. The number of fused-ring (bicyclic) bond motifs is 2. The average molecular weight is 483 g/mol. The molecule has 0 aliphatic rings. The third kappa shape index (κ3) is 3.53. The zero-order valence-corrected chi connectivity index (χ0v) is 19.0. The molecule has 0 radical (unpaired) electrons. The highest BCUT2D eigenvalue weighted by atomic mass is 32.2. The second-order valence-electron chi connectivity index (χ2n) is 8.16. The Labute approximate surface area is 200 Å². The van der Waals surface area contributed by atoms with Crippen LogP contribution in [0, 0.1) is 0 Å². The fourth-order valence-electron chi connectivity index (χ4n) is 4.12. The molecule has 2 heterocycles. The standard InChI is InChI=1S/C28H18O6S/c29-23-11-9-19(15-21(23)27-13-17-5-1-3-7-25(17)33-27)35(31,32)20-10-12-24(30)22(16-20)28-14-18-6-2-4-8-26(18)34-28/h1-16,29-30H. The van der Waals surface area contributed by atoms with Crippen LogP contribution >= 0.6 is 0 Å². The van der Waals surface area contributed by atoms with Crippen LogP contribution in [-0.2, 0) is 9.84 Å². The van der Waals surface area contributed by atoms with Crippen LogP contribution in [0.2, 0.25) is 0 Å². The van der Waals surface area contributed by atoms with Gasteiger partial charge in [0, 0.05) is 10.8 Å². The van der Waals surface area contributed by atoms with E-state index in [9.17, 15) is 18.6 Å². The molecule has 6 aromatic rings. The fourth-order valence-corrected chi connectivity index (χ4v) is 5.44. The first-order chi connectivity index (χ1) is 16.9. The summed E-state index contributed by atoms with van der Waals surface area (Å²) in [7, 11) is -4.00. The normalized spacial score (nSPS) is 11.9. The van der Waals surface area contributed by atoms with Gasteiger partial charge >= 0.3 is 0 Å². The van der Waals surface area contributed by atoms with E-state index in [4.69, 9.17) is 8.83 Å². The van der Waals surface area contributed by atoms with Crippen molar-refractivity contribution in [3.05, 3.63) is 97.1 Å². The molecule has 172 valence electrons. The van der Waals surface area contributed by atoms with Gasteiger partial charge in [0.15, 0.2) is 0 Å². The van der Waals surface area contributed by atoms with Crippen LogP contribution in [0.4, 0.5) is 0 Å². The van der Waals surface area contributed by atoms with Crippen LogP contribution < -0.4 is 0 Å². The number of aromatic hydroxyl groups is 2. The lowest BCUT2D eigenvalue weighted by Crippen LogP contribution is -2.02. The second kappa shape index (κ2) is 7.78. The lowest BCUT2D eigenvalue weighted by Gasteiger charge is -2.10. The Bertz CT molecular complexity index is 1650. The van der Waals surface area contributed by atoms with E-state index in [-0.39, 0.29) is 32.4 Å². The molecule has 0 aliphatic carbocycles. The van der Waals surface area contributed by atoms with Crippen LogP contribution in [0.5, 0.6) is 11.5 Å². The largest absolute Gasteiger partial charge is 0.507 e. The topological polar surface area (TPSA) is 101 Å². The first-order valence-corrected chi connectivity index (χ1v) is 12.3. The average Bonchev–Trinajstić information content (AvgIpc) is 3.48. The second-order valence-corrected chi connectivity index (χ2v) is 10.1. The van der Waals surface area contributed by atoms with E-state index in [0.717, 1.165) is 10.8 Å². The summed E-state index contributed by atoms with van der Waals surface area (Å²) in [6.07, 6.45) is 0. The predicted octanol–water partition coefficient (Wildman–Crippen LogP) is 6.76. The number of para-hydroxylation sites is 2. The predicted molar refractivity (Wildman–Crippen MR) is 132 cm³/mol. The van der Waals surface area contributed by atoms with Crippen molar-refractivity contribution in [1.29, 1.82) is 0 Å². The van der Waals surface area contributed by atoms with Crippen molar-refractivity contribution in [3.8, 4) is 34.1 Å². The van der Waals surface area contributed by atoms with Gasteiger partial charge in [-0.1, -0.05) is 36.4 Å². The number of benzene rings is 4. The smallest absolute Gasteiger partial charge is 0.206 e. The van der Waals surface area contributed by atoms with Gasteiger partial charge in [-0.05, 0) is 60.7 Å². The van der Waals surface area contributed by atoms with Gasteiger partial charge in [0.2, 0.25) is 9.84 Å². The minimum Gasteiger partial charge on any atom is -0.507 e. The summed E-state index contributed by atoms with van der Waals surface area (Å²) in [5.41, 5.74) is 1.78. The number of sulfone groups is 1. The minimum atomic E-state index is -4.00. The molecule has 7 heteroatoms. The Balaban J connectivity index is 1.45. The Morgan fingerprint density at radius 1 is 0.543 bits per heavy atom. The van der Waals surface area contributed by atoms with Gasteiger partial charge in [-0.3, -0.25) is 0 Å². The molecule has 2 aromatic heterocycles. The van der Waals surface area contributed by atoms with Crippen molar-refractivity contribution in [1.82, 2.24) is 0 Å². The quantitative estimate of drug-likeness (QED) is 0.288. The lowest BCUT2D eigenvalue weighted by atomic mass is 10.1. The molecular weight excluding hydrogens is 464 g/mol. The van der Waals surface area contributed by atoms with Crippen LogP contribution in [0.15, 0.2) is 116 Å². The molecule has 4 aromatic carbocycles. The highest BCUT2D eigenvalue weighted by molar-refractivity contribution is 7.91. The van der Waals surface area contributed by atoms with Crippen LogP contribution in [0.25, 0.3) is 44.6 Å². The lowest BCUT2D eigenvalue weighted by molar-refractivity contribution is 0.473. The summed E-state index contributed by atoms with van der Waals surface area (Å²) in [4.78, 5) is -0.0426. The Kier molecular flexibility index (Phi) is 4.69. The summed E-state index contributed by atoms with van der Waals surface area (Å²) in [6, 6.07) is 26.3. The number of rotatable bonds is 4. The molecule has 0 amide bonds. The molecule has 0 spiro atoms. The summed E-state index contributed by atoms with van der Waals surface area (Å²) < 4.78 is 38.7. The molecule has 0 bridgehead atoms. The molecule has 0 saturated heterocycles. The maximum atomic E-state index is 13.5. The van der Waals surface area contributed by atoms with E-state index in [1.54, 1.807) is 24.3 Å². The Morgan fingerprint density at radius 3 is 1.40 bits per heavy atom. The number of phenolic OH excluding ortho intramolecular Hbond substituents is 2. The van der Waals surface area contributed by atoms with Crippen LogP contribution in [-0.4, -0.2) is 18.6 Å². The first-order valence-electron chi connectivity index (χ1n) is 10.8. The molecule has 0 aliphatic heterocycles. The Morgan fingerprint density at radius 2 is 0.971 bits per heavy atom. The molecule has 6 rings (SSSR count). The van der Waals surface area contributed by atoms with Crippen molar-refractivity contribution in [3.63, 3.8) is 0 Å². The monoisotopic (exact) mass is 482 g/mol. The van der Waals surface area contributed by atoms with E-state index in [0.29, 0.717) is 22.7 Å². The first kappa shape index (κ1) is 21.1. The van der Waals surface area contributed by atoms with E-state index >= 15 is 0 Å². The van der Waals surface area contributed by atoms with Crippen molar-refractivity contribution in [2.75, 3.05) is 0 Å². The highest BCUT2D eigenvalue weighted by Crippen LogP contribution is 2.39. The number of furan rings is 2. The van der Waals surface area contributed by atoms with E-state index in [1.807, 2.05) is 36.4 Å². The van der Waals surface area contributed by atoms with Gasteiger partial charge in [0.1, 0.15) is 34.2 Å². The van der Waals surface area contributed by atoms with E-state index < -0.39 is 9.84 Å². The molecule has 2 N–H and O–H groups in total. The molecule has 0 fully saturated rings. The maximum absolute atomic E-state index is 13.5. The van der Waals surface area contributed by atoms with Crippen molar-refractivity contribution in [2.45, 2.75) is 9.79 Å². The zero-order chi connectivity index (χ0) is 24.2. The molecule has 6 nitrogen and oxygen atoms in total. The van der Waals surface area contributed by atoms with Gasteiger partial charge < -0.3 is 19.0 Å². The molecule has 0 unspecified atom stereocenters.